The van der Waals surface area contributed by atoms with Gasteiger partial charge in [-0.3, -0.25) is 0 Å². The van der Waals surface area contributed by atoms with Gasteiger partial charge in [-0.1, -0.05) is 58.5 Å². The number of halogens is 4. The standard InChI is InChI=1S/C12H6BCl4O2/c14-7-3-1-5-9(11(7)16)18-13-19-10-6-2-4-8(15)12(10)17/h1-6H. The first-order valence-corrected chi connectivity index (χ1v) is 6.64. The summed E-state index contributed by atoms with van der Waals surface area (Å²) in [5.41, 5.74) is 0. The molecule has 0 saturated heterocycles. The molecule has 0 atom stereocenters. The van der Waals surface area contributed by atoms with Gasteiger partial charge in [0, 0.05) is 0 Å². The second-order valence-corrected chi connectivity index (χ2v) is 5.01. The molecular formula is C12H6BCl4O2. The van der Waals surface area contributed by atoms with Gasteiger partial charge in [0.1, 0.15) is 11.5 Å². The number of hydrogen-bond acceptors (Lipinski definition) is 2. The Morgan fingerprint density at radius 3 is 1.53 bits per heavy atom. The molecule has 19 heavy (non-hydrogen) atoms. The van der Waals surface area contributed by atoms with Crippen molar-refractivity contribution in [2.24, 2.45) is 0 Å². The molecule has 0 amide bonds. The third kappa shape index (κ3) is 3.64. The molecule has 0 bridgehead atoms. The molecule has 0 fully saturated rings. The molecule has 0 N–H and O–H groups in total. The van der Waals surface area contributed by atoms with Crippen LogP contribution in [-0.2, 0) is 0 Å². The Balaban J connectivity index is 2.00. The molecular weight excluding hydrogens is 329 g/mol. The summed E-state index contributed by atoms with van der Waals surface area (Å²) in [5.74, 6) is 0.764. The molecule has 0 aliphatic rings. The molecule has 2 nitrogen and oxygen atoms in total. The zero-order valence-electron chi connectivity index (χ0n) is 9.37. The molecule has 97 valence electrons. The number of rotatable bonds is 4. The summed E-state index contributed by atoms with van der Waals surface area (Å²) in [6.45, 7) is 0. The molecule has 0 heterocycles. The minimum atomic E-state index is 0.307. The first-order valence-electron chi connectivity index (χ1n) is 5.12. The highest BCUT2D eigenvalue weighted by Crippen LogP contribution is 2.33. The SMILES string of the molecule is Clc1cccc(O[B]Oc2cccc(Cl)c2Cl)c1Cl. The number of benzene rings is 2. The molecule has 2 aromatic rings. The van der Waals surface area contributed by atoms with Gasteiger partial charge in [0.15, 0.2) is 0 Å². The Bertz CT molecular complexity index is 540. The molecule has 0 aliphatic carbocycles. The van der Waals surface area contributed by atoms with Crippen molar-refractivity contribution in [3.8, 4) is 11.5 Å². The van der Waals surface area contributed by atoms with Crippen LogP contribution in [0.2, 0.25) is 20.1 Å². The fraction of sp³-hybridized carbons (Fsp3) is 0. The van der Waals surface area contributed by atoms with Crippen molar-refractivity contribution >= 4 is 54.1 Å². The predicted octanol–water partition coefficient (Wildman–Crippen LogP) is 5.29. The Morgan fingerprint density at radius 1 is 0.684 bits per heavy atom. The van der Waals surface area contributed by atoms with Crippen molar-refractivity contribution in [1.82, 2.24) is 0 Å². The van der Waals surface area contributed by atoms with Crippen molar-refractivity contribution in [2.45, 2.75) is 0 Å². The van der Waals surface area contributed by atoms with E-state index in [2.05, 4.69) is 0 Å². The van der Waals surface area contributed by atoms with Gasteiger partial charge in [-0.05, 0) is 24.3 Å². The van der Waals surface area contributed by atoms with E-state index in [4.69, 9.17) is 55.7 Å². The van der Waals surface area contributed by atoms with Crippen LogP contribution >= 0.6 is 46.4 Å². The highest BCUT2D eigenvalue weighted by Gasteiger charge is 2.10. The normalized spacial score (nSPS) is 10.1. The first-order chi connectivity index (χ1) is 9.09. The maximum Gasteiger partial charge on any atom is 0.658 e. The van der Waals surface area contributed by atoms with Crippen LogP contribution in [0.3, 0.4) is 0 Å². The average molecular weight is 335 g/mol. The molecule has 0 saturated carbocycles. The summed E-state index contributed by atoms with van der Waals surface area (Å²) in [5, 5.41) is 1.41. The Hall–Kier alpha value is -0.735. The molecule has 2 aromatic carbocycles. The highest BCUT2D eigenvalue weighted by molar-refractivity contribution is 6.44. The lowest BCUT2D eigenvalue weighted by Gasteiger charge is -2.10. The highest BCUT2D eigenvalue weighted by atomic mass is 35.5. The van der Waals surface area contributed by atoms with Crippen LogP contribution in [0, 0.1) is 0 Å². The molecule has 0 aromatic heterocycles. The van der Waals surface area contributed by atoms with Crippen molar-refractivity contribution < 1.29 is 9.31 Å². The van der Waals surface area contributed by atoms with Crippen LogP contribution in [0.15, 0.2) is 36.4 Å². The van der Waals surface area contributed by atoms with Gasteiger partial charge in [-0.25, -0.2) is 0 Å². The van der Waals surface area contributed by atoms with Gasteiger partial charge < -0.3 is 9.31 Å². The van der Waals surface area contributed by atoms with Crippen LogP contribution in [0.25, 0.3) is 0 Å². The minimum absolute atomic E-state index is 0.307. The van der Waals surface area contributed by atoms with Crippen LogP contribution in [0.4, 0.5) is 0 Å². The van der Waals surface area contributed by atoms with Gasteiger partial charge in [0.2, 0.25) is 0 Å². The van der Waals surface area contributed by atoms with Crippen molar-refractivity contribution in [2.75, 3.05) is 0 Å². The quantitative estimate of drug-likeness (QED) is 0.707. The second-order valence-electron chi connectivity index (χ2n) is 3.44. The lowest BCUT2D eigenvalue weighted by Crippen LogP contribution is -2.11. The maximum atomic E-state index is 5.95. The van der Waals surface area contributed by atoms with Crippen LogP contribution in [0.1, 0.15) is 0 Å². The van der Waals surface area contributed by atoms with E-state index in [1.54, 1.807) is 36.4 Å². The van der Waals surface area contributed by atoms with Gasteiger partial charge in [-0.2, -0.15) is 0 Å². The molecule has 7 heteroatoms. The minimum Gasteiger partial charge on any atom is -0.525 e. The van der Waals surface area contributed by atoms with Gasteiger partial charge in [-0.15, -0.1) is 0 Å². The van der Waals surface area contributed by atoms with Crippen LogP contribution in [-0.4, -0.2) is 7.69 Å². The van der Waals surface area contributed by atoms with E-state index in [-0.39, 0.29) is 0 Å². The Labute approximate surface area is 131 Å². The number of hydrogen-bond donors (Lipinski definition) is 0. The lowest BCUT2D eigenvalue weighted by molar-refractivity contribution is 0.459. The molecule has 1 radical (unpaired) electrons. The smallest absolute Gasteiger partial charge is 0.525 e. The fourth-order valence-corrected chi connectivity index (χ4v) is 1.95. The summed E-state index contributed by atoms with van der Waals surface area (Å²) in [6.07, 6.45) is 0. The van der Waals surface area contributed by atoms with E-state index < -0.39 is 0 Å². The maximum absolute atomic E-state index is 5.95. The van der Waals surface area contributed by atoms with Gasteiger partial charge in [0.25, 0.3) is 0 Å². The van der Waals surface area contributed by atoms with E-state index in [1.165, 1.54) is 0 Å². The monoisotopic (exact) mass is 333 g/mol. The van der Waals surface area contributed by atoms with Crippen molar-refractivity contribution in [3.05, 3.63) is 56.5 Å². The van der Waals surface area contributed by atoms with E-state index in [0.717, 1.165) is 7.69 Å². The lowest BCUT2D eigenvalue weighted by atomic mass is 10.3. The molecule has 0 unspecified atom stereocenters. The summed E-state index contributed by atoms with van der Waals surface area (Å²) >= 11 is 23.6. The van der Waals surface area contributed by atoms with Crippen LogP contribution in [0.5, 0.6) is 11.5 Å². The summed E-state index contributed by atoms with van der Waals surface area (Å²) in [6, 6.07) is 10.1. The summed E-state index contributed by atoms with van der Waals surface area (Å²) in [4.78, 5) is 0. The van der Waals surface area contributed by atoms with E-state index in [1.807, 2.05) is 0 Å². The molecule has 2 rings (SSSR count). The van der Waals surface area contributed by atoms with E-state index in [9.17, 15) is 0 Å². The third-order valence-electron chi connectivity index (χ3n) is 2.18. The topological polar surface area (TPSA) is 18.5 Å². The summed E-state index contributed by atoms with van der Waals surface area (Å²) in [7, 11) is 1.11. The Morgan fingerprint density at radius 2 is 1.11 bits per heavy atom. The molecule has 0 aliphatic heterocycles. The third-order valence-corrected chi connectivity index (χ3v) is 3.79. The Kier molecular flexibility index (Phi) is 5.11. The molecule has 0 spiro atoms. The fourth-order valence-electron chi connectivity index (χ4n) is 1.28. The zero-order valence-corrected chi connectivity index (χ0v) is 12.4. The predicted molar refractivity (Wildman–Crippen MR) is 79.9 cm³/mol. The largest absolute Gasteiger partial charge is 0.658 e. The van der Waals surface area contributed by atoms with E-state index >= 15 is 0 Å². The van der Waals surface area contributed by atoms with Crippen molar-refractivity contribution in [1.29, 1.82) is 0 Å². The second kappa shape index (κ2) is 6.62. The van der Waals surface area contributed by atoms with Gasteiger partial charge in [0.05, 0.1) is 20.1 Å². The van der Waals surface area contributed by atoms with E-state index in [0.29, 0.717) is 31.6 Å². The summed E-state index contributed by atoms with van der Waals surface area (Å²) < 4.78 is 10.5. The first kappa shape index (κ1) is 14.7. The van der Waals surface area contributed by atoms with Crippen molar-refractivity contribution in [3.63, 3.8) is 0 Å². The van der Waals surface area contributed by atoms with Crippen LogP contribution < -0.4 is 9.31 Å². The average Bonchev–Trinajstić information content (AvgIpc) is 2.39. The van der Waals surface area contributed by atoms with Gasteiger partial charge >= 0.3 is 7.69 Å². The zero-order chi connectivity index (χ0) is 13.8.